The zero-order valence-corrected chi connectivity index (χ0v) is 14.3. The van der Waals surface area contributed by atoms with Crippen LogP contribution in [-0.4, -0.2) is 40.0 Å². The van der Waals surface area contributed by atoms with Crippen LogP contribution in [0.2, 0.25) is 0 Å². The molecule has 2 heterocycles. The maximum Gasteiger partial charge on any atom is 0.317 e. The molecule has 3 aliphatic rings. The van der Waals surface area contributed by atoms with E-state index in [9.17, 15) is 4.79 Å². The Balaban J connectivity index is 1.19. The fourth-order valence-corrected chi connectivity index (χ4v) is 4.85. The summed E-state index contributed by atoms with van der Waals surface area (Å²) in [7, 11) is 0. The number of benzene rings is 1. The number of piperidine rings is 1. The van der Waals surface area contributed by atoms with E-state index in [0.717, 1.165) is 38.2 Å². The van der Waals surface area contributed by atoms with Crippen molar-refractivity contribution in [2.75, 3.05) is 13.1 Å². The summed E-state index contributed by atoms with van der Waals surface area (Å²) in [5.41, 5.74) is 2.93. The number of carbonyl (C=O) groups excluding carboxylic acids is 1. The summed E-state index contributed by atoms with van der Waals surface area (Å²) >= 11 is 0. The number of imidazole rings is 1. The summed E-state index contributed by atoms with van der Waals surface area (Å²) in [4.78, 5) is 22.2. The zero-order chi connectivity index (χ0) is 16.8. The monoisotopic (exact) mass is 336 g/mol. The standard InChI is InChI=1S/C20H24N4O/c25-20(24-11-7-14(8-12-24)19-21-9-10-22-19)23-18-16-6-5-13-3-1-2-4-15(13)17(16)18/h1-4,9-10,14,16-18H,5-8,11-12H2,(H,21,22)(H,23,25). The summed E-state index contributed by atoms with van der Waals surface area (Å²) in [6.45, 7) is 1.63. The lowest BCUT2D eigenvalue weighted by molar-refractivity contribution is 0.179. The van der Waals surface area contributed by atoms with E-state index in [1.807, 2.05) is 11.1 Å². The Labute approximate surface area is 147 Å². The van der Waals surface area contributed by atoms with Crippen LogP contribution in [0.3, 0.4) is 0 Å². The third-order valence-electron chi connectivity index (χ3n) is 6.31. The highest BCUT2D eigenvalue weighted by Crippen LogP contribution is 2.54. The van der Waals surface area contributed by atoms with E-state index in [-0.39, 0.29) is 6.03 Å². The fraction of sp³-hybridized carbons (Fsp3) is 0.500. The van der Waals surface area contributed by atoms with E-state index in [1.54, 1.807) is 6.20 Å². The van der Waals surface area contributed by atoms with Crippen LogP contribution < -0.4 is 5.32 Å². The number of nitrogens with zero attached hydrogens (tertiary/aromatic N) is 2. The molecule has 2 fully saturated rings. The molecule has 5 nitrogen and oxygen atoms in total. The van der Waals surface area contributed by atoms with Crippen LogP contribution in [0.15, 0.2) is 36.7 Å². The summed E-state index contributed by atoms with van der Waals surface area (Å²) in [5.74, 6) is 2.69. The minimum absolute atomic E-state index is 0.120. The third kappa shape index (κ3) is 2.62. The molecular weight excluding hydrogens is 312 g/mol. The van der Waals surface area contributed by atoms with Gasteiger partial charge < -0.3 is 15.2 Å². The average Bonchev–Trinajstić information content (AvgIpc) is 3.09. The largest absolute Gasteiger partial charge is 0.348 e. The van der Waals surface area contributed by atoms with Gasteiger partial charge in [-0.3, -0.25) is 0 Å². The first-order valence-electron chi connectivity index (χ1n) is 9.44. The molecule has 2 aliphatic carbocycles. The molecule has 1 saturated carbocycles. The van der Waals surface area contributed by atoms with Crippen LogP contribution in [0, 0.1) is 5.92 Å². The SMILES string of the molecule is O=C(NC1C2CCc3ccccc3C21)N1CCC(c2ncc[nH]2)CC1. The van der Waals surface area contributed by atoms with Crippen molar-refractivity contribution in [2.45, 2.75) is 43.6 Å². The van der Waals surface area contributed by atoms with Crippen LogP contribution >= 0.6 is 0 Å². The quantitative estimate of drug-likeness (QED) is 0.885. The lowest BCUT2D eigenvalue weighted by Crippen LogP contribution is -2.45. The van der Waals surface area contributed by atoms with E-state index < -0.39 is 0 Å². The Bertz CT molecular complexity index is 764. The average molecular weight is 336 g/mol. The molecule has 0 radical (unpaired) electrons. The fourth-order valence-electron chi connectivity index (χ4n) is 4.85. The summed E-state index contributed by atoms with van der Waals surface area (Å²) in [6.07, 6.45) is 8.01. The molecule has 2 aromatic rings. The van der Waals surface area contributed by atoms with Gasteiger partial charge in [0.05, 0.1) is 0 Å². The van der Waals surface area contributed by atoms with Gasteiger partial charge in [0.25, 0.3) is 0 Å². The highest BCUT2D eigenvalue weighted by atomic mass is 16.2. The third-order valence-corrected chi connectivity index (χ3v) is 6.31. The van der Waals surface area contributed by atoms with E-state index in [0.29, 0.717) is 23.8 Å². The molecule has 130 valence electrons. The molecular formula is C20H24N4O. The predicted molar refractivity (Wildman–Crippen MR) is 95.4 cm³/mol. The number of hydrogen-bond donors (Lipinski definition) is 2. The molecule has 1 aromatic carbocycles. The highest BCUT2D eigenvalue weighted by molar-refractivity contribution is 5.75. The highest BCUT2D eigenvalue weighted by Gasteiger charge is 2.54. The minimum atomic E-state index is 0.120. The van der Waals surface area contributed by atoms with Crippen LogP contribution in [0.1, 0.15) is 48.0 Å². The van der Waals surface area contributed by atoms with E-state index in [4.69, 9.17) is 0 Å². The Kier molecular flexibility index (Phi) is 3.54. The molecule has 3 unspecified atom stereocenters. The van der Waals surface area contributed by atoms with Gasteiger partial charge in [-0.15, -0.1) is 0 Å². The van der Waals surface area contributed by atoms with Gasteiger partial charge in [0.2, 0.25) is 0 Å². The smallest absolute Gasteiger partial charge is 0.317 e. The van der Waals surface area contributed by atoms with Crippen molar-refractivity contribution in [2.24, 2.45) is 5.92 Å². The van der Waals surface area contributed by atoms with Crippen LogP contribution in [0.25, 0.3) is 0 Å². The summed E-state index contributed by atoms with van der Waals surface area (Å²) in [5, 5.41) is 3.32. The Morgan fingerprint density at radius 2 is 2.04 bits per heavy atom. The Morgan fingerprint density at radius 3 is 2.84 bits per heavy atom. The molecule has 1 aromatic heterocycles. The van der Waals surface area contributed by atoms with Crippen molar-refractivity contribution in [1.82, 2.24) is 20.2 Å². The van der Waals surface area contributed by atoms with Gasteiger partial charge in [0.1, 0.15) is 5.82 Å². The Hall–Kier alpha value is -2.30. The normalized spacial score (nSPS) is 28.2. The second-order valence-corrected chi connectivity index (χ2v) is 7.64. The van der Waals surface area contributed by atoms with Gasteiger partial charge in [0, 0.05) is 43.4 Å². The lowest BCUT2D eigenvalue weighted by atomic mass is 9.92. The van der Waals surface area contributed by atoms with Crippen molar-refractivity contribution >= 4 is 6.03 Å². The number of nitrogens with one attached hydrogen (secondary N) is 2. The Morgan fingerprint density at radius 1 is 1.20 bits per heavy atom. The molecule has 2 amide bonds. The number of urea groups is 1. The second-order valence-electron chi connectivity index (χ2n) is 7.64. The number of H-pyrrole nitrogens is 1. The van der Waals surface area contributed by atoms with Crippen molar-refractivity contribution in [3.8, 4) is 0 Å². The first kappa shape index (κ1) is 15.0. The number of hydrogen-bond acceptors (Lipinski definition) is 2. The predicted octanol–water partition coefficient (Wildman–Crippen LogP) is 3.03. The minimum Gasteiger partial charge on any atom is -0.348 e. The molecule has 1 saturated heterocycles. The number of aromatic amines is 1. The van der Waals surface area contributed by atoms with Crippen molar-refractivity contribution in [3.63, 3.8) is 0 Å². The maximum absolute atomic E-state index is 12.7. The molecule has 5 rings (SSSR count). The topological polar surface area (TPSA) is 61.0 Å². The lowest BCUT2D eigenvalue weighted by Gasteiger charge is -2.31. The summed E-state index contributed by atoms with van der Waals surface area (Å²) < 4.78 is 0. The molecule has 0 bridgehead atoms. The van der Waals surface area contributed by atoms with E-state index >= 15 is 0 Å². The second kappa shape index (κ2) is 5.90. The van der Waals surface area contributed by atoms with Crippen LogP contribution in [0.4, 0.5) is 4.79 Å². The number of amides is 2. The summed E-state index contributed by atoms with van der Waals surface area (Å²) in [6, 6.07) is 9.18. The van der Waals surface area contributed by atoms with Gasteiger partial charge >= 0.3 is 6.03 Å². The molecule has 0 spiro atoms. The zero-order valence-electron chi connectivity index (χ0n) is 14.3. The van der Waals surface area contributed by atoms with Crippen LogP contribution in [-0.2, 0) is 6.42 Å². The van der Waals surface area contributed by atoms with E-state index in [1.165, 1.54) is 17.5 Å². The molecule has 3 atom stereocenters. The number of aryl methyl sites for hydroxylation is 1. The van der Waals surface area contributed by atoms with Crippen molar-refractivity contribution < 1.29 is 4.79 Å². The van der Waals surface area contributed by atoms with Crippen molar-refractivity contribution in [3.05, 3.63) is 53.6 Å². The van der Waals surface area contributed by atoms with Gasteiger partial charge in [-0.1, -0.05) is 24.3 Å². The maximum atomic E-state index is 12.7. The first-order valence-corrected chi connectivity index (χ1v) is 9.44. The number of fused-ring (bicyclic) bond motifs is 3. The van der Waals surface area contributed by atoms with Gasteiger partial charge in [-0.2, -0.15) is 0 Å². The van der Waals surface area contributed by atoms with Crippen molar-refractivity contribution in [1.29, 1.82) is 0 Å². The first-order chi connectivity index (χ1) is 12.3. The molecule has 5 heteroatoms. The number of carbonyl (C=O) groups is 1. The van der Waals surface area contributed by atoms with Gasteiger partial charge in [0.15, 0.2) is 0 Å². The van der Waals surface area contributed by atoms with E-state index in [2.05, 4.69) is 39.6 Å². The van der Waals surface area contributed by atoms with Gasteiger partial charge in [-0.05, 0) is 42.7 Å². The number of aromatic nitrogens is 2. The molecule has 1 aliphatic heterocycles. The number of likely N-dealkylation sites (tertiary alicyclic amines) is 1. The van der Waals surface area contributed by atoms with Crippen LogP contribution in [0.5, 0.6) is 0 Å². The molecule has 2 N–H and O–H groups in total. The molecule has 25 heavy (non-hydrogen) atoms. The van der Waals surface area contributed by atoms with Gasteiger partial charge in [-0.25, -0.2) is 9.78 Å². The number of rotatable bonds is 2.